The molecule has 0 bridgehead atoms. The van der Waals surface area contributed by atoms with Gasteiger partial charge in [-0.05, 0) is 26.2 Å². The van der Waals surface area contributed by atoms with E-state index in [0.717, 1.165) is 6.42 Å². The molecule has 0 rings (SSSR count). The van der Waals surface area contributed by atoms with E-state index in [0.29, 0.717) is 12.3 Å². The van der Waals surface area contributed by atoms with Crippen molar-refractivity contribution < 1.29 is 0 Å². The number of allylic oxidation sites excluding steroid dienone is 4. The standard InChI is InChI=1S/C11H20N2/c1-4-6-7-9(3)10(5-2)8-11(12)13/h4,6-7,10H,5,8H2,1-3H3,(H3,12,13). The van der Waals surface area contributed by atoms with Gasteiger partial charge in [0.25, 0.3) is 0 Å². The van der Waals surface area contributed by atoms with Crippen molar-refractivity contribution >= 4 is 5.84 Å². The van der Waals surface area contributed by atoms with Crippen molar-refractivity contribution in [3.63, 3.8) is 0 Å². The van der Waals surface area contributed by atoms with E-state index in [1.54, 1.807) is 0 Å². The van der Waals surface area contributed by atoms with Crippen LogP contribution in [0.25, 0.3) is 0 Å². The van der Waals surface area contributed by atoms with Crippen LogP contribution in [0.5, 0.6) is 0 Å². The number of nitrogens with one attached hydrogen (secondary N) is 1. The van der Waals surface area contributed by atoms with Crippen LogP contribution in [0, 0.1) is 11.3 Å². The lowest BCUT2D eigenvalue weighted by atomic mass is 9.93. The molecule has 0 heterocycles. The fourth-order valence-corrected chi connectivity index (χ4v) is 1.28. The van der Waals surface area contributed by atoms with Gasteiger partial charge in [-0.2, -0.15) is 0 Å². The van der Waals surface area contributed by atoms with Crippen molar-refractivity contribution in [3.8, 4) is 0 Å². The second kappa shape index (κ2) is 6.46. The van der Waals surface area contributed by atoms with Gasteiger partial charge in [0.15, 0.2) is 0 Å². The van der Waals surface area contributed by atoms with Crippen LogP contribution in [0.2, 0.25) is 0 Å². The lowest BCUT2D eigenvalue weighted by Crippen LogP contribution is -2.15. The third-order valence-electron chi connectivity index (χ3n) is 2.15. The van der Waals surface area contributed by atoms with Gasteiger partial charge in [-0.3, -0.25) is 5.41 Å². The highest BCUT2D eigenvalue weighted by molar-refractivity contribution is 5.77. The van der Waals surface area contributed by atoms with Gasteiger partial charge in [-0.25, -0.2) is 0 Å². The Hall–Kier alpha value is -1.05. The Balaban J connectivity index is 4.30. The summed E-state index contributed by atoms with van der Waals surface area (Å²) in [4.78, 5) is 0. The second-order valence-electron chi connectivity index (χ2n) is 3.27. The molecule has 0 aromatic heterocycles. The van der Waals surface area contributed by atoms with E-state index in [-0.39, 0.29) is 5.84 Å². The molecule has 0 aliphatic carbocycles. The minimum Gasteiger partial charge on any atom is -0.388 e. The molecular formula is C11H20N2. The zero-order chi connectivity index (χ0) is 10.3. The molecule has 1 unspecified atom stereocenters. The van der Waals surface area contributed by atoms with Gasteiger partial charge in [0.05, 0.1) is 5.84 Å². The van der Waals surface area contributed by atoms with E-state index in [1.807, 2.05) is 19.1 Å². The van der Waals surface area contributed by atoms with E-state index in [4.69, 9.17) is 11.1 Å². The summed E-state index contributed by atoms with van der Waals surface area (Å²) in [6.07, 6.45) is 7.84. The van der Waals surface area contributed by atoms with Gasteiger partial charge >= 0.3 is 0 Å². The number of hydrogen-bond acceptors (Lipinski definition) is 1. The Morgan fingerprint density at radius 2 is 2.15 bits per heavy atom. The average Bonchev–Trinajstić information content (AvgIpc) is 2.09. The molecule has 0 saturated heterocycles. The van der Waals surface area contributed by atoms with Gasteiger partial charge in [0.1, 0.15) is 0 Å². The molecule has 1 atom stereocenters. The molecule has 2 nitrogen and oxygen atoms in total. The lowest BCUT2D eigenvalue weighted by Gasteiger charge is -2.13. The summed E-state index contributed by atoms with van der Waals surface area (Å²) in [7, 11) is 0. The highest BCUT2D eigenvalue weighted by Gasteiger charge is 2.08. The number of hydrogen-bond donors (Lipinski definition) is 2. The van der Waals surface area contributed by atoms with Crippen molar-refractivity contribution in [2.24, 2.45) is 11.7 Å². The van der Waals surface area contributed by atoms with E-state index in [1.165, 1.54) is 5.57 Å². The smallest absolute Gasteiger partial charge is 0.0911 e. The number of nitrogens with two attached hydrogens (primary N) is 1. The maximum absolute atomic E-state index is 7.23. The first-order valence-electron chi connectivity index (χ1n) is 4.74. The quantitative estimate of drug-likeness (QED) is 0.381. The minimum absolute atomic E-state index is 0.278. The summed E-state index contributed by atoms with van der Waals surface area (Å²) in [6.45, 7) is 6.22. The molecule has 2 heteroatoms. The normalized spacial score (nSPS) is 14.8. The Morgan fingerprint density at radius 1 is 1.54 bits per heavy atom. The van der Waals surface area contributed by atoms with Gasteiger partial charge in [0.2, 0.25) is 0 Å². The van der Waals surface area contributed by atoms with Crippen LogP contribution in [-0.4, -0.2) is 5.84 Å². The zero-order valence-corrected chi connectivity index (χ0v) is 8.80. The molecule has 0 aliphatic rings. The number of amidine groups is 1. The summed E-state index contributed by atoms with van der Waals surface area (Å²) in [5, 5.41) is 7.23. The minimum atomic E-state index is 0.278. The molecule has 0 fully saturated rings. The van der Waals surface area contributed by atoms with E-state index >= 15 is 0 Å². The summed E-state index contributed by atoms with van der Waals surface area (Å²) in [5.74, 6) is 0.703. The highest BCUT2D eigenvalue weighted by Crippen LogP contribution is 2.18. The topological polar surface area (TPSA) is 49.9 Å². The van der Waals surface area contributed by atoms with Crippen molar-refractivity contribution in [1.82, 2.24) is 0 Å². The molecule has 0 aliphatic heterocycles. The Bertz CT molecular complexity index is 214. The van der Waals surface area contributed by atoms with Crippen LogP contribution in [0.15, 0.2) is 23.8 Å². The molecule has 0 radical (unpaired) electrons. The van der Waals surface area contributed by atoms with Gasteiger partial charge < -0.3 is 5.73 Å². The predicted octanol–water partition coefficient (Wildman–Crippen LogP) is 2.86. The molecule has 74 valence electrons. The third-order valence-corrected chi connectivity index (χ3v) is 2.15. The van der Waals surface area contributed by atoms with E-state index < -0.39 is 0 Å². The first-order chi connectivity index (χ1) is 6.11. The van der Waals surface area contributed by atoms with Crippen molar-refractivity contribution in [3.05, 3.63) is 23.8 Å². The van der Waals surface area contributed by atoms with Crippen molar-refractivity contribution in [1.29, 1.82) is 5.41 Å². The van der Waals surface area contributed by atoms with Crippen molar-refractivity contribution in [2.75, 3.05) is 0 Å². The molecule has 3 N–H and O–H groups in total. The summed E-state index contributed by atoms with van der Waals surface area (Å²) in [5.41, 5.74) is 6.68. The van der Waals surface area contributed by atoms with Gasteiger partial charge in [0, 0.05) is 6.42 Å². The molecule has 13 heavy (non-hydrogen) atoms. The Kier molecular flexibility index (Phi) is 5.94. The lowest BCUT2D eigenvalue weighted by molar-refractivity contribution is 0.613. The monoisotopic (exact) mass is 180 g/mol. The van der Waals surface area contributed by atoms with Crippen LogP contribution in [0.3, 0.4) is 0 Å². The van der Waals surface area contributed by atoms with Gasteiger partial charge in [-0.1, -0.05) is 30.7 Å². The average molecular weight is 180 g/mol. The highest BCUT2D eigenvalue weighted by atomic mass is 14.7. The second-order valence-corrected chi connectivity index (χ2v) is 3.27. The fourth-order valence-electron chi connectivity index (χ4n) is 1.28. The predicted molar refractivity (Wildman–Crippen MR) is 58.9 cm³/mol. The van der Waals surface area contributed by atoms with E-state index in [2.05, 4.69) is 19.9 Å². The van der Waals surface area contributed by atoms with E-state index in [9.17, 15) is 0 Å². The molecule has 0 saturated carbocycles. The van der Waals surface area contributed by atoms with Crippen LogP contribution < -0.4 is 5.73 Å². The molecule has 0 aromatic rings. The first kappa shape index (κ1) is 11.9. The summed E-state index contributed by atoms with van der Waals surface area (Å²) < 4.78 is 0. The maximum atomic E-state index is 7.23. The zero-order valence-electron chi connectivity index (χ0n) is 8.80. The van der Waals surface area contributed by atoms with Crippen LogP contribution in [-0.2, 0) is 0 Å². The molecule has 0 spiro atoms. The van der Waals surface area contributed by atoms with Crippen molar-refractivity contribution in [2.45, 2.75) is 33.6 Å². The largest absolute Gasteiger partial charge is 0.388 e. The summed E-state index contributed by atoms with van der Waals surface area (Å²) >= 11 is 0. The van der Waals surface area contributed by atoms with Gasteiger partial charge in [-0.15, -0.1) is 0 Å². The molecular weight excluding hydrogens is 160 g/mol. The summed E-state index contributed by atoms with van der Waals surface area (Å²) in [6, 6.07) is 0. The van der Waals surface area contributed by atoms with Crippen LogP contribution in [0.4, 0.5) is 0 Å². The molecule has 0 amide bonds. The Labute approximate surface area is 81.0 Å². The Morgan fingerprint density at radius 3 is 2.54 bits per heavy atom. The molecule has 0 aromatic carbocycles. The third kappa shape index (κ3) is 5.23. The van der Waals surface area contributed by atoms with Crippen LogP contribution in [0.1, 0.15) is 33.6 Å². The fraction of sp³-hybridized carbons (Fsp3) is 0.545. The maximum Gasteiger partial charge on any atom is 0.0911 e. The first-order valence-corrected chi connectivity index (χ1v) is 4.74. The SMILES string of the molecule is CC=CC=C(C)C(CC)CC(=N)N. The van der Waals surface area contributed by atoms with Crippen LogP contribution >= 0.6 is 0 Å². The number of rotatable bonds is 5.